The summed E-state index contributed by atoms with van der Waals surface area (Å²) in [5.41, 5.74) is 4.84. The molecule has 130 valence electrons. The fraction of sp³-hybridized carbons (Fsp3) is 0.368. The number of aromatic nitrogens is 5. The van der Waals surface area contributed by atoms with E-state index in [1.165, 1.54) is 0 Å². The van der Waals surface area contributed by atoms with E-state index in [1.807, 2.05) is 24.1 Å². The van der Waals surface area contributed by atoms with Crippen LogP contribution in [0.2, 0.25) is 0 Å². The Balaban J connectivity index is 1.68. The maximum Gasteiger partial charge on any atom is 0.153 e. The van der Waals surface area contributed by atoms with E-state index in [1.54, 1.807) is 11.3 Å². The fourth-order valence-corrected chi connectivity index (χ4v) is 4.79. The highest BCUT2D eigenvalue weighted by atomic mass is 32.1. The molecule has 1 aliphatic carbocycles. The molecule has 0 aromatic carbocycles. The van der Waals surface area contributed by atoms with Crippen molar-refractivity contribution in [1.82, 2.24) is 24.5 Å². The number of rotatable bonds is 3. The molecule has 0 spiro atoms. The van der Waals surface area contributed by atoms with Crippen LogP contribution in [0.3, 0.4) is 0 Å². The fourth-order valence-electron chi connectivity index (χ4n) is 4.18. The normalized spacial score (nSPS) is 20.6. The van der Waals surface area contributed by atoms with Crippen LogP contribution in [0.25, 0.3) is 32.8 Å². The molecule has 4 aromatic heterocycles. The molecule has 26 heavy (non-hydrogen) atoms. The van der Waals surface area contributed by atoms with Crippen LogP contribution in [0.5, 0.6) is 0 Å². The first-order chi connectivity index (χ1) is 12.8. The summed E-state index contributed by atoms with van der Waals surface area (Å²) in [5, 5.41) is 10.1. The van der Waals surface area contributed by atoms with Gasteiger partial charge in [-0.15, -0.1) is 11.3 Å². The van der Waals surface area contributed by atoms with E-state index in [0.717, 1.165) is 58.5 Å². The van der Waals surface area contributed by atoms with Crippen molar-refractivity contribution in [1.29, 1.82) is 5.26 Å². The largest absolute Gasteiger partial charge is 0.346 e. The highest BCUT2D eigenvalue weighted by Gasteiger charge is 2.27. The predicted molar refractivity (Wildman–Crippen MR) is 102 cm³/mol. The molecule has 0 aliphatic heterocycles. The average molecular weight is 362 g/mol. The minimum absolute atomic E-state index is 0.396. The quantitative estimate of drug-likeness (QED) is 0.573. The second-order valence-corrected chi connectivity index (χ2v) is 7.83. The molecular formula is C19H18N6S. The molecule has 5 rings (SSSR count). The number of H-pyrrole nitrogens is 1. The summed E-state index contributed by atoms with van der Waals surface area (Å²) >= 11 is 1.62. The average Bonchev–Trinajstić information content (AvgIpc) is 3.40. The third-order valence-corrected chi connectivity index (χ3v) is 6.22. The number of hydrogen-bond donors (Lipinski definition) is 1. The zero-order chi connectivity index (χ0) is 17.5. The SMILES string of the molecule is N#CC[C@H]1CC[C@H](n2c(-c3cncs3)nc3cnc4[nH]ccc4c32)CC1. The van der Waals surface area contributed by atoms with E-state index < -0.39 is 0 Å². The number of thiazole rings is 1. The Morgan fingerprint density at radius 1 is 1.27 bits per heavy atom. The van der Waals surface area contributed by atoms with E-state index in [-0.39, 0.29) is 0 Å². The molecule has 0 amide bonds. The Morgan fingerprint density at radius 3 is 2.92 bits per heavy atom. The lowest BCUT2D eigenvalue weighted by Gasteiger charge is -2.29. The summed E-state index contributed by atoms with van der Waals surface area (Å²) in [6, 6.07) is 4.81. The van der Waals surface area contributed by atoms with Crippen molar-refractivity contribution in [3.63, 3.8) is 0 Å². The zero-order valence-electron chi connectivity index (χ0n) is 14.2. The molecule has 0 atom stereocenters. The summed E-state index contributed by atoms with van der Waals surface area (Å²) in [7, 11) is 0. The van der Waals surface area contributed by atoms with Crippen LogP contribution < -0.4 is 0 Å². The second kappa shape index (κ2) is 6.22. The topological polar surface area (TPSA) is 83.2 Å². The van der Waals surface area contributed by atoms with E-state index in [9.17, 15) is 0 Å². The van der Waals surface area contributed by atoms with Crippen LogP contribution in [0.1, 0.15) is 38.1 Å². The number of nitrogens with zero attached hydrogens (tertiary/aromatic N) is 5. The van der Waals surface area contributed by atoms with Gasteiger partial charge in [0.15, 0.2) is 5.82 Å². The third kappa shape index (κ3) is 2.41. The zero-order valence-corrected chi connectivity index (χ0v) is 15.0. The number of fused-ring (bicyclic) bond motifs is 3. The van der Waals surface area contributed by atoms with E-state index >= 15 is 0 Å². The number of aromatic amines is 1. The minimum Gasteiger partial charge on any atom is -0.346 e. The number of hydrogen-bond acceptors (Lipinski definition) is 5. The molecule has 4 aromatic rings. The molecule has 4 heterocycles. The molecule has 0 saturated heterocycles. The number of nitriles is 1. The Hall–Kier alpha value is -2.72. The lowest BCUT2D eigenvalue weighted by atomic mass is 9.84. The molecular weight excluding hydrogens is 344 g/mol. The van der Waals surface area contributed by atoms with Crippen LogP contribution in [-0.2, 0) is 0 Å². The smallest absolute Gasteiger partial charge is 0.153 e. The molecule has 0 radical (unpaired) electrons. The summed E-state index contributed by atoms with van der Waals surface area (Å²) in [6.07, 6.45) is 10.7. The Labute approximate surface area is 154 Å². The standard InChI is InChI=1S/C19H18N6S/c20-7-5-12-1-3-13(4-2-12)25-17-14-6-8-22-18(14)23-9-15(17)24-19(25)16-10-21-11-26-16/h6,8-13H,1-5H2,(H,22,23)/t12-,13-. The van der Waals surface area contributed by atoms with Crippen LogP contribution in [-0.4, -0.2) is 24.5 Å². The molecule has 0 bridgehead atoms. The Kier molecular flexibility index (Phi) is 3.71. The van der Waals surface area contributed by atoms with Crippen molar-refractivity contribution in [2.75, 3.05) is 0 Å². The monoisotopic (exact) mass is 362 g/mol. The number of nitrogens with one attached hydrogen (secondary N) is 1. The van der Waals surface area contributed by atoms with Crippen LogP contribution in [0, 0.1) is 17.2 Å². The van der Waals surface area contributed by atoms with Gasteiger partial charge in [0.05, 0.1) is 28.2 Å². The lowest BCUT2D eigenvalue weighted by Crippen LogP contribution is -2.18. The van der Waals surface area contributed by atoms with Gasteiger partial charge < -0.3 is 9.55 Å². The number of imidazole rings is 1. The molecule has 1 aliphatic rings. The van der Waals surface area contributed by atoms with Crippen molar-refractivity contribution in [2.45, 2.75) is 38.1 Å². The predicted octanol–water partition coefficient (Wildman–Crippen LogP) is 4.68. The summed E-state index contributed by atoms with van der Waals surface area (Å²) < 4.78 is 2.41. The van der Waals surface area contributed by atoms with Crippen LogP contribution >= 0.6 is 11.3 Å². The maximum absolute atomic E-state index is 8.99. The summed E-state index contributed by atoms with van der Waals surface area (Å²) in [5.74, 6) is 1.52. The van der Waals surface area contributed by atoms with Crippen molar-refractivity contribution < 1.29 is 0 Å². The van der Waals surface area contributed by atoms with Gasteiger partial charge in [0.2, 0.25) is 0 Å². The van der Waals surface area contributed by atoms with Crippen LogP contribution in [0.15, 0.2) is 30.2 Å². The highest BCUT2D eigenvalue weighted by Crippen LogP contribution is 2.40. The van der Waals surface area contributed by atoms with Gasteiger partial charge in [-0.2, -0.15) is 5.26 Å². The van der Waals surface area contributed by atoms with Gasteiger partial charge in [-0.1, -0.05) is 0 Å². The highest BCUT2D eigenvalue weighted by molar-refractivity contribution is 7.13. The van der Waals surface area contributed by atoms with Crippen molar-refractivity contribution in [3.05, 3.63) is 30.2 Å². The Morgan fingerprint density at radius 2 is 2.15 bits per heavy atom. The second-order valence-electron chi connectivity index (χ2n) is 6.94. The molecule has 1 saturated carbocycles. The van der Waals surface area contributed by atoms with Crippen LogP contribution in [0.4, 0.5) is 0 Å². The lowest BCUT2D eigenvalue weighted by molar-refractivity contribution is 0.283. The van der Waals surface area contributed by atoms with E-state index in [4.69, 9.17) is 10.2 Å². The van der Waals surface area contributed by atoms with Gasteiger partial charge >= 0.3 is 0 Å². The van der Waals surface area contributed by atoms with Gasteiger partial charge in [-0.25, -0.2) is 9.97 Å². The van der Waals surface area contributed by atoms with Gasteiger partial charge in [0.25, 0.3) is 0 Å². The Bertz CT molecular complexity index is 1090. The molecule has 1 fully saturated rings. The molecule has 1 N–H and O–H groups in total. The van der Waals surface area contributed by atoms with Gasteiger partial charge in [-0.3, -0.25) is 4.98 Å². The minimum atomic E-state index is 0.396. The molecule has 6 nitrogen and oxygen atoms in total. The van der Waals surface area contributed by atoms with Gasteiger partial charge in [0.1, 0.15) is 11.2 Å². The maximum atomic E-state index is 8.99. The third-order valence-electron chi connectivity index (χ3n) is 5.45. The molecule has 7 heteroatoms. The van der Waals surface area contributed by atoms with Crippen molar-refractivity contribution in [3.8, 4) is 16.8 Å². The van der Waals surface area contributed by atoms with E-state index in [2.05, 4.69) is 31.7 Å². The summed E-state index contributed by atoms with van der Waals surface area (Å²) in [6.45, 7) is 0. The van der Waals surface area contributed by atoms with E-state index in [0.29, 0.717) is 18.4 Å². The summed E-state index contributed by atoms with van der Waals surface area (Å²) in [4.78, 5) is 18.0. The van der Waals surface area contributed by atoms with Gasteiger partial charge in [0, 0.05) is 30.2 Å². The molecule has 0 unspecified atom stereocenters. The van der Waals surface area contributed by atoms with Gasteiger partial charge in [-0.05, 0) is 37.7 Å². The number of pyridine rings is 1. The first-order valence-corrected chi connectivity index (χ1v) is 9.83. The van der Waals surface area contributed by atoms with Crippen molar-refractivity contribution >= 4 is 33.4 Å². The first kappa shape index (κ1) is 15.5. The first-order valence-electron chi connectivity index (χ1n) is 8.95. The van der Waals surface area contributed by atoms with Crippen molar-refractivity contribution in [2.24, 2.45) is 5.92 Å².